The summed E-state index contributed by atoms with van der Waals surface area (Å²) in [6.45, 7) is 3.74. The van der Waals surface area contributed by atoms with Gasteiger partial charge in [0.25, 0.3) is 0 Å². The van der Waals surface area contributed by atoms with Crippen LogP contribution in [0.4, 0.5) is 0 Å². The molecule has 1 unspecified atom stereocenters. The number of ether oxygens (including phenoxy) is 1. The number of benzene rings is 1. The van der Waals surface area contributed by atoms with Crippen LogP contribution in [0.1, 0.15) is 25.8 Å². The average Bonchev–Trinajstić information content (AvgIpc) is 2.62. The van der Waals surface area contributed by atoms with Gasteiger partial charge in [0.2, 0.25) is 0 Å². The van der Waals surface area contributed by atoms with Crippen molar-refractivity contribution in [3.05, 3.63) is 47.0 Å². The minimum absolute atomic E-state index is 0.135. The zero-order chi connectivity index (χ0) is 12.5. The van der Waals surface area contributed by atoms with Crippen molar-refractivity contribution < 1.29 is 9.53 Å². The van der Waals surface area contributed by atoms with Crippen molar-refractivity contribution >= 4 is 5.97 Å². The first-order chi connectivity index (χ1) is 8.15. The first kappa shape index (κ1) is 11.4. The van der Waals surface area contributed by atoms with Gasteiger partial charge in [0.05, 0.1) is 0 Å². The van der Waals surface area contributed by atoms with Crippen molar-refractivity contribution in [2.75, 3.05) is 0 Å². The summed E-state index contributed by atoms with van der Waals surface area (Å²) in [6.07, 6.45) is 0.625. The van der Waals surface area contributed by atoms with Crippen molar-refractivity contribution in [3.63, 3.8) is 0 Å². The lowest BCUT2D eigenvalue weighted by molar-refractivity contribution is -0.147. The van der Waals surface area contributed by atoms with E-state index in [1.807, 2.05) is 43.3 Å². The summed E-state index contributed by atoms with van der Waals surface area (Å²) in [7, 11) is 0. The van der Waals surface area contributed by atoms with E-state index in [0.29, 0.717) is 12.0 Å². The second-order valence-corrected chi connectivity index (χ2v) is 4.05. The molecule has 1 aliphatic rings. The molecule has 0 N–H and O–H groups in total. The highest BCUT2D eigenvalue weighted by Gasteiger charge is 2.45. The fourth-order valence-electron chi connectivity index (χ4n) is 2.29. The van der Waals surface area contributed by atoms with Crippen molar-refractivity contribution in [3.8, 4) is 6.07 Å². The van der Waals surface area contributed by atoms with Crippen LogP contribution in [0, 0.1) is 11.3 Å². The van der Waals surface area contributed by atoms with Crippen molar-refractivity contribution in [1.29, 1.82) is 5.26 Å². The predicted octanol–water partition coefficient (Wildman–Crippen LogP) is 2.69. The Morgan fingerprint density at radius 3 is 2.47 bits per heavy atom. The first-order valence-corrected chi connectivity index (χ1v) is 5.56. The third-order valence-electron chi connectivity index (χ3n) is 3.30. The number of carbonyl (C=O) groups excluding carboxylic acids is 1. The molecule has 0 radical (unpaired) electrons. The molecule has 1 heterocycles. The van der Waals surface area contributed by atoms with Gasteiger partial charge < -0.3 is 4.74 Å². The van der Waals surface area contributed by atoms with Crippen LogP contribution in [-0.4, -0.2) is 5.97 Å². The molecule has 1 atom stereocenters. The number of hydrogen-bond donors (Lipinski definition) is 0. The molecule has 86 valence electrons. The third kappa shape index (κ3) is 1.53. The Hall–Kier alpha value is -2.08. The first-order valence-electron chi connectivity index (χ1n) is 5.56. The molecule has 2 rings (SSSR count). The molecule has 0 saturated heterocycles. The molecule has 0 spiro atoms. The number of carbonyl (C=O) groups is 1. The van der Waals surface area contributed by atoms with Crippen LogP contribution in [0.5, 0.6) is 0 Å². The molecule has 3 nitrogen and oxygen atoms in total. The molecule has 0 amide bonds. The van der Waals surface area contributed by atoms with E-state index in [9.17, 15) is 4.79 Å². The van der Waals surface area contributed by atoms with Crippen molar-refractivity contribution in [2.24, 2.45) is 0 Å². The Balaban J connectivity index is 2.60. The highest BCUT2D eigenvalue weighted by molar-refractivity contribution is 5.97. The van der Waals surface area contributed by atoms with Gasteiger partial charge in [-0.1, -0.05) is 37.3 Å². The Morgan fingerprint density at radius 1 is 1.35 bits per heavy atom. The van der Waals surface area contributed by atoms with Gasteiger partial charge in [-0.2, -0.15) is 5.26 Å². The molecule has 0 aliphatic carbocycles. The lowest BCUT2D eigenvalue weighted by Gasteiger charge is -2.28. The Kier molecular flexibility index (Phi) is 2.72. The quantitative estimate of drug-likeness (QED) is 0.730. The second kappa shape index (κ2) is 4.06. The van der Waals surface area contributed by atoms with E-state index in [4.69, 9.17) is 10.00 Å². The summed E-state index contributed by atoms with van der Waals surface area (Å²) < 4.78 is 5.46. The average molecular weight is 227 g/mol. The normalized spacial score (nSPS) is 23.5. The van der Waals surface area contributed by atoms with Crippen LogP contribution in [0.15, 0.2) is 41.5 Å². The summed E-state index contributed by atoms with van der Waals surface area (Å²) >= 11 is 0. The van der Waals surface area contributed by atoms with Gasteiger partial charge >= 0.3 is 5.97 Å². The van der Waals surface area contributed by atoms with Gasteiger partial charge in [-0.05, 0) is 24.5 Å². The molecule has 0 aromatic heterocycles. The Bertz CT molecular complexity index is 525. The van der Waals surface area contributed by atoms with Gasteiger partial charge in [0.15, 0.2) is 5.60 Å². The van der Waals surface area contributed by atoms with Crippen LogP contribution >= 0.6 is 0 Å². The molecule has 1 aliphatic heterocycles. The molecule has 3 heteroatoms. The van der Waals surface area contributed by atoms with E-state index in [1.54, 1.807) is 6.92 Å². The van der Waals surface area contributed by atoms with Crippen LogP contribution in [-0.2, 0) is 15.1 Å². The smallest absolute Gasteiger partial charge is 0.350 e. The Labute approximate surface area is 100 Å². The van der Waals surface area contributed by atoms with E-state index >= 15 is 0 Å². The second-order valence-electron chi connectivity index (χ2n) is 4.05. The van der Waals surface area contributed by atoms with Gasteiger partial charge in [-0.25, -0.2) is 4.79 Å². The summed E-state index contributed by atoms with van der Waals surface area (Å²) in [6, 6.07) is 11.5. The van der Waals surface area contributed by atoms with Crippen molar-refractivity contribution in [2.45, 2.75) is 25.9 Å². The topological polar surface area (TPSA) is 50.1 Å². The number of cyclic esters (lactones) is 1. The van der Waals surface area contributed by atoms with Gasteiger partial charge in [-0.15, -0.1) is 0 Å². The monoisotopic (exact) mass is 227 g/mol. The molecule has 17 heavy (non-hydrogen) atoms. The minimum atomic E-state index is -0.761. The van der Waals surface area contributed by atoms with Gasteiger partial charge in [0, 0.05) is 0 Å². The largest absolute Gasteiger partial charge is 0.445 e. The fourth-order valence-corrected chi connectivity index (χ4v) is 2.29. The van der Waals surface area contributed by atoms with E-state index < -0.39 is 11.6 Å². The van der Waals surface area contributed by atoms with Crippen LogP contribution in [0.25, 0.3) is 0 Å². The SMILES string of the molecule is CCC1(c2ccccc2)OC(=O)C(C#N)=C1C. The maximum Gasteiger partial charge on any atom is 0.350 e. The molecular formula is C14H13NO2. The molecule has 0 fully saturated rings. The fraction of sp³-hybridized carbons (Fsp3) is 0.286. The zero-order valence-corrected chi connectivity index (χ0v) is 9.86. The number of hydrogen-bond acceptors (Lipinski definition) is 3. The van der Waals surface area contributed by atoms with Crippen LogP contribution in [0.2, 0.25) is 0 Å². The lowest BCUT2D eigenvalue weighted by Crippen LogP contribution is -2.27. The maximum absolute atomic E-state index is 11.7. The predicted molar refractivity (Wildman–Crippen MR) is 62.8 cm³/mol. The molecule has 1 aromatic carbocycles. The van der Waals surface area contributed by atoms with E-state index in [0.717, 1.165) is 5.56 Å². The summed E-state index contributed by atoms with van der Waals surface area (Å²) in [5, 5.41) is 8.97. The van der Waals surface area contributed by atoms with Gasteiger partial charge in [-0.3, -0.25) is 0 Å². The molecule has 0 saturated carbocycles. The van der Waals surface area contributed by atoms with E-state index in [1.165, 1.54) is 0 Å². The van der Waals surface area contributed by atoms with Gasteiger partial charge in [0.1, 0.15) is 11.6 Å². The van der Waals surface area contributed by atoms with Crippen LogP contribution < -0.4 is 0 Å². The van der Waals surface area contributed by atoms with Crippen molar-refractivity contribution in [1.82, 2.24) is 0 Å². The number of nitrogens with zero attached hydrogens (tertiary/aromatic N) is 1. The van der Waals surface area contributed by atoms with E-state index in [-0.39, 0.29) is 5.57 Å². The maximum atomic E-state index is 11.7. The molecular weight excluding hydrogens is 214 g/mol. The van der Waals surface area contributed by atoms with Crippen LogP contribution in [0.3, 0.4) is 0 Å². The molecule has 1 aromatic rings. The molecule has 0 bridgehead atoms. The van der Waals surface area contributed by atoms with E-state index in [2.05, 4.69) is 0 Å². The number of esters is 1. The zero-order valence-electron chi connectivity index (χ0n) is 9.86. The number of rotatable bonds is 2. The third-order valence-corrected chi connectivity index (χ3v) is 3.30. The highest BCUT2D eigenvalue weighted by atomic mass is 16.6. The lowest BCUT2D eigenvalue weighted by atomic mass is 9.84. The standard InChI is InChI=1S/C14H13NO2/c1-3-14(11-7-5-4-6-8-11)10(2)12(9-15)13(16)17-14/h4-8H,3H2,1-2H3. The highest BCUT2D eigenvalue weighted by Crippen LogP contribution is 2.43. The number of nitriles is 1. The summed E-state index contributed by atoms with van der Waals surface area (Å²) in [5.74, 6) is -0.518. The minimum Gasteiger partial charge on any atom is -0.445 e. The Morgan fingerprint density at radius 2 is 2.00 bits per heavy atom. The summed E-state index contributed by atoms with van der Waals surface area (Å²) in [4.78, 5) is 11.7. The summed E-state index contributed by atoms with van der Waals surface area (Å²) in [5.41, 5.74) is 0.997.